The van der Waals surface area contributed by atoms with Crippen LogP contribution in [0.25, 0.3) is 0 Å². The number of carbonyl (C=O) groups is 1. The minimum atomic E-state index is -0.0307. The molecule has 0 bridgehead atoms. The Morgan fingerprint density at radius 3 is 2.45 bits per heavy atom. The number of hydrogen-bond donors (Lipinski definition) is 0. The zero-order valence-corrected chi connectivity index (χ0v) is 13.3. The summed E-state index contributed by atoms with van der Waals surface area (Å²) in [4.78, 5) is 15.5. The normalized spacial score (nSPS) is 17.9. The van der Waals surface area contributed by atoms with Crippen molar-refractivity contribution in [3.8, 4) is 5.75 Å². The van der Waals surface area contributed by atoms with Gasteiger partial charge >= 0.3 is 0 Å². The molecule has 20 heavy (non-hydrogen) atoms. The highest BCUT2D eigenvalue weighted by molar-refractivity contribution is 8.00. The quantitative estimate of drug-likeness (QED) is 0.797. The van der Waals surface area contributed by atoms with E-state index in [1.54, 1.807) is 18.9 Å². The van der Waals surface area contributed by atoms with Crippen LogP contribution in [-0.4, -0.2) is 36.3 Å². The predicted octanol–water partition coefficient (Wildman–Crippen LogP) is 3.43. The molecule has 1 saturated heterocycles. The molecule has 1 aliphatic rings. The van der Waals surface area contributed by atoms with Crippen LogP contribution in [-0.2, 0) is 4.79 Å². The molecule has 0 spiro atoms. The molecule has 1 unspecified atom stereocenters. The van der Waals surface area contributed by atoms with Crippen LogP contribution in [0.5, 0.6) is 5.75 Å². The molecule has 1 aromatic carbocycles. The number of likely N-dealkylation sites (tertiary alicyclic amines) is 1. The molecule has 1 amide bonds. The minimum Gasteiger partial charge on any atom is -0.497 e. The van der Waals surface area contributed by atoms with E-state index in [9.17, 15) is 4.79 Å². The summed E-state index contributed by atoms with van der Waals surface area (Å²) in [5.74, 6) is 1.86. The largest absolute Gasteiger partial charge is 0.497 e. The average Bonchev–Trinajstić information content (AvgIpc) is 2.48. The number of piperidine rings is 1. The Bertz CT molecular complexity index is 438. The fourth-order valence-electron chi connectivity index (χ4n) is 2.39. The third-order valence-electron chi connectivity index (χ3n) is 3.82. The number of hydrogen-bond acceptors (Lipinski definition) is 3. The van der Waals surface area contributed by atoms with Crippen LogP contribution in [0.1, 0.15) is 26.7 Å². The van der Waals surface area contributed by atoms with Gasteiger partial charge in [0.2, 0.25) is 5.91 Å². The van der Waals surface area contributed by atoms with E-state index in [2.05, 4.69) is 6.92 Å². The maximum absolute atomic E-state index is 12.4. The Balaban J connectivity index is 1.89. The van der Waals surface area contributed by atoms with Crippen LogP contribution in [0.4, 0.5) is 0 Å². The van der Waals surface area contributed by atoms with Gasteiger partial charge in [0.05, 0.1) is 12.4 Å². The van der Waals surface area contributed by atoms with E-state index in [0.29, 0.717) is 0 Å². The lowest BCUT2D eigenvalue weighted by atomic mass is 9.99. The number of ether oxygens (including phenoxy) is 1. The molecule has 1 heterocycles. The summed E-state index contributed by atoms with van der Waals surface area (Å²) < 4.78 is 5.14. The van der Waals surface area contributed by atoms with E-state index in [4.69, 9.17) is 4.74 Å². The van der Waals surface area contributed by atoms with Crippen LogP contribution < -0.4 is 4.74 Å². The predicted molar refractivity (Wildman–Crippen MR) is 83.3 cm³/mol. The van der Waals surface area contributed by atoms with Crippen molar-refractivity contribution < 1.29 is 9.53 Å². The Hall–Kier alpha value is -1.16. The Morgan fingerprint density at radius 2 is 1.90 bits per heavy atom. The minimum absolute atomic E-state index is 0.0307. The first kappa shape index (κ1) is 15.2. The lowest BCUT2D eigenvalue weighted by Crippen LogP contribution is -2.41. The summed E-state index contributed by atoms with van der Waals surface area (Å²) in [5.41, 5.74) is 0. The third kappa shape index (κ3) is 3.92. The number of nitrogens with zero attached hydrogens (tertiary/aromatic N) is 1. The smallest absolute Gasteiger partial charge is 0.235 e. The van der Waals surface area contributed by atoms with Crippen molar-refractivity contribution in [2.75, 3.05) is 20.2 Å². The molecule has 110 valence electrons. The van der Waals surface area contributed by atoms with Gasteiger partial charge in [-0.05, 0) is 49.9 Å². The monoisotopic (exact) mass is 293 g/mol. The number of thioether (sulfide) groups is 1. The molecule has 1 fully saturated rings. The van der Waals surface area contributed by atoms with Gasteiger partial charge in [-0.3, -0.25) is 4.79 Å². The molecular weight excluding hydrogens is 270 g/mol. The highest BCUT2D eigenvalue weighted by Gasteiger charge is 2.24. The molecule has 1 aliphatic heterocycles. The first-order valence-electron chi connectivity index (χ1n) is 7.19. The van der Waals surface area contributed by atoms with Gasteiger partial charge in [-0.25, -0.2) is 0 Å². The number of benzene rings is 1. The van der Waals surface area contributed by atoms with Gasteiger partial charge in [0.15, 0.2) is 0 Å². The zero-order chi connectivity index (χ0) is 14.5. The number of carbonyl (C=O) groups excluding carboxylic acids is 1. The molecule has 0 N–H and O–H groups in total. The molecule has 1 aromatic rings. The van der Waals surface area contributed by atoms with Crippen molar-refractivity contribution in [3.05, 3.63) is 24.3 Å². The van der Waals surface area contributed by atoms with Crippen molar-refractivity contribution >= 4 is 17.7 Å². The van der Waals surface area contributed by atoms with Gasteiger partial charge in [-0.2, -0.15) is 0 Å². The van der Waals surface area contributed by atoms with Crippen LogP contribution in [0.3, 0.4) is 0 Å². The van der Waals surface area contributed by atoms with Gasteiger partial charge in [-0.1, -0.05) is 6.92 Å². The highest BCUT2D eigenvalue weighted by Crippen LogP contribution is 2.27. The van der Waals surface area contributed by atoms with Crippen LogP contribution in [0, 0.1) is 5.92 Å². The third-order valence-corrected chi connectivity index (χ3v) is 4.91. The molecule has 0 aromatic heterocycles. The van der Waals surface area contributed by atoms with Crippen LogP contribution >= 0.6 is 11.8 Å². The molecule has 0 aliphatic carbocycles. The average molecular weight is 293 g/mol. The Morgan fingerprint density at radius 1 is 1.30 bits per heavy atom. The number of rotatable bonds is 4. The van der Waals surface area contributed by atoms with Crippen LogP contribution in [0.2, 0.25) is 0 Å². The van der Waals surface area contributed by atoms with E-state index in [1.165, 1.54) is 0 Å². The summed E-state index contributed by atoms with van der Waals surface area (Å²) in [6.07, 6.45) is 2.26. The van der Waals surface area contributed by atoms with Gasteiger partial charge in [0, 0.05) is 18.0 Å². The topological polar surface area (TPSA) is 29.5 Å². The molecule has 3 nitrogen and oxygen atoms in total. The van der Waals surface area contributed by atoms with E-state index < -0.39 is 0 Å². The lowest BCUT2D eigenvalue weighted by molar-refractivity contribution is -0.131. The van der Waals surface area contributed by atoms with Crippen molar-refractivity contribution in [1.82, 2.24) is 4.90 Å². The first-order valence-corrected chi connectivity index (χ1v) is 8.07. The van der Waals surface area contributed by atoms with Crippen LogP contribution in [0.15, 0.2) is 29.2 Å². The maximum atomic E-state index is 12.4. The molecule has 4 heteroatoms. The molecule has 1 atom stereocenters. The molecule has 0 radical (unpaired) electrons. The standard InChI is InChI=1S/C16H23NO2S/c1-12-8-10-17(11-9-12)16(18)13(2)20-15-6-4-14(19-3)5-7-15/h4-7,12-13H,8-11H2,1-3H3. The van der Waals surface area contributed by atoms with Gasteiger partial charge in [0.1, 0.15) is 5.75 Å². The van der Waals surface area contributed by atoms with E-state index >= 15 is 0 Å². The second-order valence-corrected chi connectivity index (χ2v) is 6.86. The highest BCUT2D eigenvalue weighted by atomic mass is 32.2. The maximum Gasteiger partial charge on any atom is 0.235 e. The fourth-order valence-corrected chi connectivity index (χ4v) is 3.35. The van der Waals surface area contributed by atoms with Gasteiger partial charge < -0.3 is 9.64 Å². The fraction of sp³-hybridized carbons (Fsp3) is 0.562. The van der Waals surface area contributed by atoms with Crippen molar-refractivity contribution in [2.24, 2.45) is 5.92 Å². The Kier molecular flexibility index (Phi) is 5.35. The SMILES string of the molecule is COc1ccc(SC(C)C(=O)N2CCC(C)CC2)cc1. The molecular formula is C16H23NO2S. The molecule has 0 saturated carbocycles. The summed E-state index contributed by atoms with van der Waals surface area (Å²) in [7, 11) is 1.66. The number of amides is 1. The van der Waals surface area contributed by atoms with Gasteiger partial charge in [-0.15, -0.1) is 11.8 Å². The Labute approximate surface area is 125 Å². The zero-order valence-electron chi connectivity index (χ0n) is 12.5. The summed E-state index contributed by atoms with van der Waals surface area (Å²) in [6, 6.07) is 7.88. The van der Waals surface area contributed by atoms with Crippen molar-refractivity contribution in [2.45, 2.75) is 36.8 Å². The van der Waals surface area contributed by atoms with Gasteiger partial charge in [0.25, 0.3) is 0 Å². The van der Waals surface area contributed by atoms with Crippen molar-refractivity contribution in [1.29, 1.82) is 0 Å². The summed E-state index contributed by atoms with van der Waals surface area (Å²) in [6.45, 7) is 6.08. The summed E-state index contributed by atoms with van der Waals surface area (Å²) in [5, 5.41) is -0.0307. The molecule has 2 rings (SSSR count). The van der Waals surface area contributed by atoms with E-state index in [0.717, 1.165) is 42.5 Å². The first-order chi connectivity index (χ1) is 9.60. The lowest BCUT2D eigenvalue weighted by Gasteiger charge is -2.32. The number of methoxy groups -OCH3 is 1. The van der Waals surface area contributed by atoms with E-state index in [1.807, 2.05) is 36.1 Å². The second kappa shape index (κ2) is 7.02. The van der Waals surface area contributed by atoms with E-state index in [-0.39, 0.29) is 11.2 Å². The summed E-state index contributed by atoms with van der Waals surface area (Å²) >= 11 is 1.62. The second-order valence-electron chi connectivity index (χ2n) is 5.44. The van der Waals surface area contributed by atoms with Crippen molar-refractivity contribution in [3.63, 3.8) is 0 Å².